The van der Waals surface area contributed by atoms with Gasteiger partial charge in [-0.25, -0.2) is 0 Å². The first-order valence-corrected chi connectivity index (χ1v) is 4.98. The van der Waals surface area contributed by atoms with Gasteiger partial charge in [0.05, 0.1) is 24.4 Å². The highest BCUT2D eigenvalue weighted by Crippen LogP contribution is 2.16. The minimum Gasteiger partial charge on any atom is -0.466 e. The molecule has 14 heavy (non-hydrogen) atoms. The molecular weight excluding hydrogens is 248 g/mol. The van der Waals surface area contributed by atoms with Gasteiger partial charge < -0.3 is 10.5 Å². The molecule has 76 valence electrons. The van der Waals surface area contributed by atoms with Crippen molar-refractivity contribution in [2.24, 2.45) is 0 Å². The molecule has 0 amide bonds. The quantitative estimate of drug-likeness (QED) is 0.836. The van der Waals surface area contributed by atoms with Crippen molar-refractivity contribution < 1.29 is 9.53 Å². The number of halogens is 1. The Kier molecular flexibility index (Phi) is 3.88. The largest absolute Gasteiger partial charge is 0.466 e. The standard InChI is InChI=1S/C9H11BrN2O2/c1-2-14-9(13)4-8-7(11)3-6(10)5-12-8/h3,5H,2,4,11H2,1H3. The first-order chi connectivity index (χ1) is 6.63. The molecule has 0 saturated carbocycles. The maximum Gasteiger partial charge on any atom is 0.311 e. The number of aromatic nitrogens is 1. The van der Waals surface area contributed by atoms with E-state index in [1.165, 1.54) is 0 Å². The second kappa shape index (κ2) is 4.95. The molecule has 2 N–H and O–H groups in total. The van der Waals surface area contributed by atoms with Gasteiger partial charge in [0.15, 0.2) is 0 Å². The van der Waals surface area contributed by atoms with Gasteiger partial charge in [-0.05, 0) is 28.9 Å². The maximum atomic E-state index is 11.1. The molecule has 1 rings (SSSR count). The fraction of sp³-hybridized carbons (Fsp3) is 0.333. The summed E-state index contributed by atoms with van der Waals surface area (Å²) in [6.07, 6.45) is 1.72. The van der Waals surface area contributed by atoms with Crippen LogP contribution in [0.4, 0.5) is 5.69 Å². The minimum atomic E-state index is -0.311. The number of carbonyl (C=O) groups is 1. The lowest BCUT2D eigenvalue weighted by Crippen LogP contribution is -2.10. The van der Waals surface area contributed by atoms with E-state index in [0.717, 1.165) is 4.47 Å². The van der Waals surface area contributed by atoms with Crippen LogP contribution in [0, 0.1) is 0 Å². The van der Waals surface area contributed by atoms with Crippen molar-refractivity contribution >= 4 is 27.6 Å². The average molecular weight is 259 g/mol. The van der Waals surface area contributed by atoms with Gasteiger partial charge in [-0.2, -0.15) is 0 Å². The number of anilines is 1. The fourth-order valence-corrected chi connectivity index (χ4v) is 1.33. The third kappa shape index (κ3) is 2.99. The van der Waals surface area contributed by atoms with Crippen LogP contribution < -0.4 is 5.73 Å². The molecule has 1 heterocycles. The van der Waals surface area contributed by atoms with Crippen LogP contribution >= 0.6 is 15.9 Å². The van der Waals surface area contributed by atoms with E-state index in [1.807, 2.05) is 0 Å². The summed E-state index contributed by atoms with van der Waals surface area (Å²) < 4.78 is 5.58. The molecule has 0 aliphatic heterocycles. The third-order valence-corrected chi connectivity index (χ3v) is 2.02. The fourth-order valence-electron chi connectivity index (χ4n) is 0.980. The van der Waals surface area contributed by atoms with Gasteiger partial charge >= 0.3 is 5.97 Å². The van der Waals surface area contributed by atoms with E-state index in [2.05, 4.69) is 20.9 Å². The highest BCUT2D eigenvalue weighted by atomic mass is 79.9. The molecule has 0 aliphatic rings. The number of pyridine rings is 1. The van der Waals surface area contributed by atoms with Gasteiger partial charge in [-0.15, -0.1) is 0 Å². The summed E-state index contributed by atoms with van der Waals surface area (Å²) in [5.41, 5.74) is 6.71. The molecule has 0 bridgehead atoms. The summed E-state index contributed by atoms with van der Waals surface area (Å²) >= 11 is 3.23. The summed E-state index contributed by atoms with van der Waals surface area (Å²) in [4.78, 5) is 15.1. The van der Waals surface area contributed by atoms with Crippen molar-refractivity contribution in [3.63, 3.8) is 0 Å². The van der Waals surface area contributed by atoms with Crippen molar-refractivity contribution in [1.82, 2.24) is 4.98 Å². The Labute approximate surface area is 90.6 Å². The first kappa shape index (κ1) is 11.0. The molecule has 0 aliphatic carbocycles. The Balaban J connectivity index is 2.72. The molecule has 0 spiro atoms. The monoisotopic (exact) mass is 258 g/mol. The molecule has 0 radical (unpaired) electrons. The van der Waals surface area contributed by atoms with E-state index in [9.17, 15) is 4.79 Å². The number of ether oxygens (including phenoxy) is 1. The number of nitrogen functional groups attached to an aromatic ring is 1. The molecule has 0 aromatic carbocycles. The predicted molar refractivity (Wildman–Crippen MR) is 56.7 cm³/mol. The van der Waals surface area contributed by atoms with Crippen molar-refractivity contribution in [3.05, 3.63) is 22.4 Å². The number of hydrogen-bond acceptors (Lipinski definition) is 4. The highest BCUT2D eigenvalue weighted by molar-refractivity contribution is 9.10. The van der Waals surface area contributed by atoms with Crippen molar-refractivity contribution in [3.8, 4) is 0 Å². The molecule has 4 nitrogen and oxygen atoms in total. The Morgan fingerprint density at radius 2 is 2.43 bits per heavy atom. The van der Waals surface area contributed by atoms with Crippen LogP contribution in [-0.2, 0) is 16.0 Å². The number of nitrogens with zero attached hydrogens (tertiary/aromatic N) is 1. The minimum absolute atomic E-state index is 0.118. The number of nitrogens with two attached hydrogens (primary N) is 1. The summed E-state index contributed by atoms with van der Waals surface area (Å²) in [6.45, 7) is 2.13. The van der Waals surface area contributed by atoms with Gasteiger partial charge in [-0.1, -0.05) is 0 Å². The zero-order valence-electron chi connectivity index (χ0n) is 7.79. The Morgan fingerprint density at radius 3 is 3.00 bits per heavy atom. The van der Waals surface area contributed by atoms with Crippen molar-refractivity contribution in [2.75, 3.05) is 12.3 Å². The normalized spacial score (nSPS) is 9.86. The van der Waals surface area contributed by atoms with Gasteiger partial charge in [0, 0.05) is 10.7 Å². The molecule has 1 aromatic heterocycles. The van der Waals surface area contributed by atoms with E-state index in [-0.39, 0.29) is 12.4 Å². The summed E-state index contributed by atoms with van der Waals surface area (Å²) in [7, 11) is 0. The van der Waals surface area contributed by atoms with Crippen LogP contribution in [0.3, 0.4) is 0 Å². The van der Waals surface area contributed by atoms with E-state index < -0.39 is 0 Å². The van der Waals surface area contributed by atoms with Gasteiger partial charge in [-0.3, -0.25) is 9.78 Å². The van der Waals surface area contributed by atoms with Crippen molar-refractivity contribution in [2.45, 2.75) is 13.3 Å². The van der Waals surface area contributed by atoms with E-state index in [1.54, 1.807) is 19.2 Å². The van der Waals surface area contributed by atoms with Gasteiger partial charge in [0.2, 0.25) is 0 Å². The predicted octanol–water partition coefficient (Wildman–Crippen LogP) is 1.53. The SMILES string of the molecule is CCOC(=O)Cc1ncc(Br)cc1N. The molecule has 0 unspecified atom stereocenters. The molecule has 0 fully saturated rings. The van der Waals surface area contributed by atoms with E-state index in [4.69, 9.17) is 10.5 Å². The lowest BCUT2D eigenvalue weighted by atomic mass is 10.2. The number of esters is 1. The lowest BCUT2D eigenvalue weighted by Gasteiger charge is -2.04. The van der Waals surface area contributed by atoms with E-state index >= 15 is 0 Å². The zero-order chi connectivity index (χ0) is 10.6. The van der Waals surface area contributed by atoms with Crippen LogP contribution in [0.1, 0.15) is 12.6 Å². The molecule has 0 atom stereocenters. The highest BCUT2D eigenvalue weighted by Gasteiger charge is 2.08. The third-order valence-electron chi connectivity index (χ3n) is 1.59. The molecular formula is C9H11BrN2O2. The Morgan fingerprint density at radius 1 is 1.71 bits per heavy atom. The Hall–Kier alpha value is -1.10. The van der Waals surface area contributed by atoms with Crippen LogP contribution in [-0.4, -0.2) is 17.6 Å². The Bertz CT molecular complexity index is 342. The van der Waals surface area contributed by atoms with Crippen molar-refractivity contribution in [1.29, 1.82) is 0 Å². The van der Waals surface area contributed by atoms with Crippen LogP contribution in [0.2, 0.25) is 0 Å². The number of carbonyl (C=O) groups excluding carboxylic acids is 1. The lowest BCUT2D eigenvalue weighted by molar-refractivity contribution is -0.142. The number of rotatable bonds is 3. The summed E-state index contributed by atoms with van der Waals surface area (Å²) in [5, 5.41) is 0. The van der Waals surface area contributed by atoms with Gasteiger partial charge in [0.1, 0.15) is 0 Å². The van der Waals surface area contributed by atoms with Crippen LogP contribution in [0.15, 0.2) is 16.7 Å². The number of hydrogen-bond donors (Lipinski definition) is 1. The second-order valence-corrected chi connectivity index (χ2v) is 3.59. The smallest absolute Gasteiger partial charge is 0.311 e. The zero-order valence-corrected chi connectivity index (χ0v) is 9.37. The average Bonchev–Trinajstić information content (AvgIpc) is 2.10. The first-order valence-electron chi connectivity index (χ1n) is 4.19. The maximum absolute atomic E-state index is 11.1. The summed E-state index contributed by atoms with van der Waals surface area (Å²) in [5.74, 6) is -0.311. The van der Waals surface area contributed by atoms with Crippen LogP contribution in [0.25, 0.3) is 0 Å². The summed E-state index contributed by atoms with van der Waals surface area (Å²) in [6, 6.07) is 1.71. The molecule has 0 saturated heterocycles. The van der Waals surface area contributed by atoms with Gasteiger partial charge in [0.25, 0.3) is 0 Å². The molecule has 5 heteroatoms. The van der Waals surface area contributed by atoms with Crippen LogP contribution in [0.5, 0.6) is 0 Å². The second-order valence-electron chi connectivity index (χ2n) is 2.67. The topological polar surface area (TPSA) is 65.2 Å². The molecule has 1 aromatic rings. The van der Waals surface area contributed by atoms with E-state index in [0.29, 0.717) is 18.0 Å².